The summed E-state index contributed by atoms with van der Waals surface area (Å²) in [5.74, 6) is 2.51. The average Bonchev–Trinajstić information content (AvgIpc) is 2.94. The first-order valence-corrected chi connectivity index (χ1v) is 7.25. The van der Waals surface area contributed by atoms with Gasteiger partial charge in [-0.25, -0.2) is 4.68 Å². The summed E-state index contributed by atoms with van der Waals surface area (Å²) in [7, 11) is 0. The van der Waals surface area contributed by atoms with Crippen LogP contribution in [0.4, 0.5) is 5.69 Å². The maximum absolute atomic E-state index is 3.90. The molecular formula is C12H15N5S. The quantitative estimate of drug-likeness (QED) is 0.915. The molecule has 1 aliphatic rings. The molecule has 0 amide bonds. The van der Waals surface area contributed by atoms with Crippen LogP contribution >= 0.6 is 11.8 Å². The van der Waals surface area contributed by atoms with E-state index in [0.29, 0.717) is 6.04 Å². The second kappa shape index (κ2) is 5.39. The molecule has 1 aliphatic heterocycles. The molecule has 2 heterocycles. The van der Waals surface area contributed by atoms with Crippen LogP contribution in [-0.2, 0) is 0 Å². The van der Waals surface area contributed by atoms with E-state index in [0.717, 1.165) is 11.4 Å². The number of thioether (sulfide) groups is 1. The highest BCUT2D eigenvalue weighted by Crippen LogP contribution is 2.22. The van der Waals surface area contributed by atoms with Crippen LogP contribution in [-0.4, -0.2) is 37.8 Å². The van der Waals surface area contributed by atoms with Gasteiger partial charge in [-0.2, -0.15) is 11.8 Å². The summed E-state index contributed by atoms with van der Waals surface area (Å²) >= 11 is 2.04. The van der Waals surface area contributed by atoms with Crippen molar-refractivity contribution in [2.45, 2.75) is 18.9 Å². The molecule has 18 heavy (non-hydrogen) atoms. The number of rotatable bonds is 3. The van der Waals surface area contributed by atoms with Crippen molar-refractivity contribution in [1.82, 2.24) is 20.2 Å². The van der Waals surface area contributed by atoms with Gasteiger partial charge >= 0.3 is 0 Å². The fourth-order valence-electron chi connectivity index (χ4n) is 2.10. The van der Waals surface area contributed by atoms with E-state index in [9.17, 15) is 0 Å². The van der Waals surface area contributed by atoms with Gasteiger partial charge in [0.05, 0.1) is 5.69 Å². The van der Waals surface area contributed by atoms with Gasteiger partial charge in [0.1, 0.15) is 6.33 Å². The molecule has 1 fully saturated rings. The van der Waals surface area contributed by atoms with Gasteiger partial charge in [0, 0.05) is 11.7 Å². The topological polar surface area (TPSA) is 55.6 Å². The van der Waals surface area contributed by atoms with Gasteiger partial charge < -0.3 is 5.32 Å². The Kier molecular flexibility index (Phi) is 3.45. The van der Waals surface area contributed by atoms with Crippen LogP contribution in [0.25, 0.3) is 5.69 Å². The summed E-state index contributed by atoms with van der Waals surface area (Å²) < 4.78 is 1.67. The van der Waals surface area contributed by atoms with E-state index in [1.165, 1.54) is 24.3 Å². The average molecular weight is 261 g/mol. The Morgan fingerprint density at radius 2 is 2.17 bits per heavy atom. The van der Waals surface area contributed by atoms with Crippen LogP contribution in [0.1, 0.15) is 12.8 Å². The molecule has 1 aromatic carbocycles. The van der Waals surface area contributed by atoms with E-state index in [2.05, 4.69) is 33.0 Å². The van der Waals surface area contributed by atoms with Crippen LogP contribution in [0.5, 0.6) is 0 Å². The van der Waals surface area contributed by atoms with Crippen molar-refractivity contribution in [1.29, 1.82) is 0 Å². The number of nitrogens with one attached hydrogen (secondary N) is 1. The number of aromatic nitrogens is 4. The molecular weight excluding hydrogens is 246 g/mol. The third-order valence-corrected chi connectivity index (χ3v) is 4.10. The third-order valence-electron chi connectivity index (χ3n) is 3.05. The Balaban J connectivity index is 1.74. The van der Waals surface area contributed by atoms with Crippen molar-refractivity contribution in [3.05, 3.63) is 30.6 Å². The fraction of sp³-hybridized carbons (Fsp3) is 0.417. The lowest BCUT2D eigenvalue weighted by molar-refractivity contribution is 0.666. The lowest BCUT2D eigenvalue weighted by Crippen LogP contribution is -2.24. The van der Waals surface area contributed by atoms with Crippen molar-refractivity contribution in [2.24, 2.45) is 0 Å². The van der Waals surface area contributed by atoms with Crippen LogP contribution < -0.4 is 5.32 Å². The number of hydrogen-bond acceptors (Lipinski definition) is 5. The number of benzene rings is 1. The van der Waals surface area contributed by atoms with Crippen LogP contribution in [0, 0.1) is 0 Å². The number of hydrogen-bond donors (Lipinski definition) is 1. The van der Waals surface area contributed by atoms with Gasteiger partial charge in [-0.3, -0.25) is 0 Å². The molecule has 1 aromatic heterocycles. The van der Waals surface area contributed by atoms with Crippen molar-refractivity contribution in [3.8, 4) is 5.69 Å². The zero-order valence-corrected chi connectivity index (χ0v) is 10.8. The monoisotopic (exact) mass is 261 g/mol. The largest absolute Gasteiger partial charge is 0.382 e. The number of anilines is 1. The molecule has 1 N–H and O–H groups in total. The smallest absolute Gasteiger partial charge is 0.143 e. The predicted molar refractivity (Wildman–Crippen MR) is 73.1 cm³/mol. The minimum Gasteiger partial charge on any atom is -0.382 e. The van der Waals surface area contributed by atoms with E-state index in [-0.39, 0.29) is 0 Å². The van der Waals surface area contributed by atoms with E-state index in [1.54, 1.807) is 11.0 Å². The highest BCUT2D eigenvalue weighted by Gasteiger charge is 2.13. The minimum absolute atomic E-state index is 0.593. The molecule has 0 bridgehead atoms. The van der Waals surface area contributed by atoms with Crippen LogP contribution in [0.15, 0.2) is 30.6 Å². The molecule has 6 heteroatoms. The molecule has 0 unspecified atom stereocenters. The van der Waals surface area contributed by atoms with Gasteiger partial charge in [0.2, 0.25) is 0 Å². The van der Waals surface area contributed by atoms with Crippen LogP contribution in [0.3, 0.4) is 0 Å². The predicted octanol–water partition coefficient (Wildman–Crippen LogP) is 1.97. The molecule has 2 aromatic rings. The Hall–Kier alpha value is -1.56. The second-order valence-corrected chi connectivity index (χ2v) is 5.56. The maximum atomic E-state index is 3.90. The Morgan fingerprint density at radius 1 is 1.28 bits per heavy atom. The molecule has 94 valence electrons. The summed E-state index contributed by atoms with van der Waals surface area (Å²) in [6.07, 6.45) is 4.08. The molecule has 3 rings (SSSR count). The van der Waals surface area contributed by atoms with Crippen LogP contribution in [0.2, 0.25) is 0 Å². The molecule has 1 saturated heterocycles. The molecule has 0 radical (unpaired) electrons. The highest BCUT2D eigenvalue weighted by atomic mass is 32.2. The molecule has 0 saturated carbocycles. The van der Waals surface area contributed by atoms with Gasteiger partial charge in [-0.15, -0.1) is 5.10 Å². The van der Waals surface area contributed by atoms with Crippen molar-refractivity contribution in [2.75, 3.05) is 16.8 Å². The first-order chi connectivity index (χ1) is 8.92. The van der Waals surface area contributed by atoms with Crippen molar-refractivity contribution < 1.29 is 0 Å². The third kappa shape index (κ3) is 2.64. The lowest BCUT2D eigenvalue weighted by atomic mass is 10.1. The maximum Gasteiger partial charge on any atom is 0.143 e. The Labute approximate surface area is 110 Å². The summed E-state index contributed by atoms with van der Waals surface area (Å²) in [5.41, 5.74) is 2.12. The molecule has 5 nitrogen and oxygen atoms in total. The SMILES string of the molecule is c1cc(NC2CCSCC2)cc(-n2cnnn2)c1. The summed E-state index contributed by atoms with van der Waals surface area (Å²) in [5, 5.41) is 14.8. The van der Waals surface area contributed by atoms with Gasteiger partial charge in [0.15, 0.2) is 0 Å². The summed E-state index contributed by atoms with van der Waals surface area (Å²) in [6.45, 7) is 0. The minimum atomic E-state index is 0.593. The standard InChI is InChI=1S/C12H15N5S/c1-2-11(14-10-4-6-18-7-5-10)8-12(3-1)17-9-13-15-16-17/h1-3,8-10,14H,4-7H2. The normalized spacial score (nSPS) is 16.7. The highest BCUT2D eigenvalue weighted by molar-refractivity contribution is 7.99. The first-order valence-electron chi connectivity index (χ1n) is 6.09. The van der Waals surface area contributed by atoms with E-state index in [4.69, 9.17) is 0 Å². The number of nitrogens with zero attached hydrogens (tertiary/aromatic N) is 4. The fourth-order valence-corrected chi connectivity index (χ4v) is 3.20. The lowest BCUT2D eigenvalue weighted by Gasteiger charge is -2.23. The van der Waals surface area contributed by atoms with Gasteiger partial charge in [0.25, 0.3) is 0 Å². The zero-order chi connectivity index (χ0) is 12.2. The van der Waals surface area contributed by atoms with E-state index >= 15 is 0 Å². The van der Waals surface area contributed by atoms with Crippen molar-refractivity contribution in [3.63, 3.8) is 0 Å². The first kappa shape index (κ1) is 11.5. The van der Waals surface area contributed by atoms with Gasteiger partial charge in [-0.1, -0.05) is 6.07 Å². The molecule has 0 aliphatic carbocycles. The van der Waals surface area contributed by atoms with Gasteiger partial charge in [-0.05, 0) is 53.0 Å². The van der Waals surface area contributed by atoms with Crippen molar-refractivity contribution >= 4 is 17.4 Å². The molecule has 0 atom stereocenters. The summed E-state index contributed by atoms with van der Waals surface area (Å²) in [6, 6.07) is 8.79. The Morgan fingerprint density at radius 3 is 2.94 bits per heavy atom. The summed E-state index contributed by atoms with van der Waals surface area (Å²) in [4.78, 5) is 0. The Bertz CT molecular complexity index is 493. The molecule has 0 spiro atoms. The zero-order valence-electron chi connectivity index (χ0n) is 9.99. The van der Waals surface area contributed by atoms with E-state index < -0.39 is 0 Å². The number of tetrazole rings is 1. The second-order valence-electron chi connectivity index (χ2n) is 4.34. The van der Waals surface area contributed by atoms with E-state index in [1.807, 2.05) is 23.9 Å².